The van der Waals surface area contributed by atoms with Crippen molar-refractivity contribution in [1.82, 2.24) is 15.0 Å². The van der Waals surface area contributed by atoms with Crippen molar-refractivity contribution in [1.29, 1.82) is 0 Å². The van der Waals surface area contributed by atoms with Gasteiger partial charge < -0.3 is 9.88 Å². The van der Waals surface area contributed by atoms with Gasteiger partial charge >= 0.3 is 0 Å². The van der Waals surface area contributed by atoms with E-state index in [-0.39, 0.29) is 11.4 Å². The Hall–Kier alpha value is -3.02. The molecule has 1 aromatic carbocycles. The maximum Gasteiger partial charge on any atom is 0.251 e. The van der Waals surface area contributed by atoms with Gasteiger partial charge in [-0.15, -0.1) is 0 Å². The maximum absolute atomic E-state index is 13.3. The van der Waals surface area contributed by atoms with Gasteiger partial charge in [0.25, 0.3) is 5.56 Å². The Morgan fingerprint density at radius 3 is 2.85 bits per heavy atom. The number of benzene rings is 1. The van der Waals surface area contributed by atoms with Crippen LogP contribution < -0.4 is 10.5 Å². The number of fused-ring (bicyclic) bond motifs is 1. The topological polar surface area (TPSA) is 61.9 Å². The van der Waals surface area contributed by atoms with E-state index in [4.69, 9.17) is 0 Å². The molecule has 5 nitrogen and oxygen atoms in total. The Morgan fingerprint density at radius 2 is 2.08 bits per heavy atom. The summed E-state index contributed by atoms with van der Waals surface area (Å²) in [6, 6.07) is 10.3. The van der Waals surface area contributed by atoms with Gasteiger partial charge in [0.15, 0.2) is 0 Å². The molecule has 4 rings (SSSR count). The van der Waals surface area contributed by atoms with Crippen LogP contribution in [0.5, 0.6) is 0 Å². The molecule has 132 valence electrons. The minimum Gasteiger partial charge on any atom is -0.352 e. The third-order valence-electron chi connectivity index (χ3n) is 4.68. The molecular formula is C20H19FN4O. The number of rotatable bonds is 3. The van der Waals surface area contributed by atoms with Crippen molar-refractivity contribution < 1.29 is 4.39 Å². The summed E-state index contributed by atoms with van der Waals surface area (Å²) >= 11 is 0. The molecule has 0 unspecified atom stereocenters. The quantitative estimate of drug-likeness (QED) is 0.788. The van der Waals surface area contributed by atoms with Crippen molar-refractivity contribution in [3.8, 4) is 11.4 Å². The van der Waals surface area contributed by atoms with Crippen molar-refractivity contribution in [3.05, 3.63) is 75.6 Å². The lowest BCUT2D eigenvalue weighted by Crippen LogP contribution is -2.31. The second-order valence-electron chi connectivity index (χ2n) is 6.43. The monoisotopic (exact) mass is 350 g/mol. The summed E-state index contributed by atoms with van der Waals surface area (Å²) in [5.74, 6) is 1.21. The third kappa shape index (κ3) is 3.22. The van der Waals surface area contributed by atoms with Gasteiger partial charge in [-0.3, -0.25) is 4.79 Å². The fraction of sp³-hybridized carbons (Fsp3) is 0.250. The molecule has 1 N–H and O–H groups in total. The number of H-pyrrole nitrogens is 1. The van der Waals surface area contributed by atoms with Crippen LogP contribution in [0.3, 0.4) is 0 Å². The molecule has 0 atom stereocenters. The Kier molecular flexibility index (Phi) is 4.24. The summed E-state index contributed by atoms with van der Waals surface area (Å²) in [7, 11) is 0. The summed E-state index contributed by atoms with van der Waals surface area (Å²) in [5, 5.41) is 0. The smallest absolute Gasteiger partial charge is 0.251 e. The molecule has 1 aliphatic heterocycles. The molecule has 0 aliphatic carbocycles. The van der Waals surface area contributed by atoms with E-state index in [0.717, 1.165) is 41.2 Å². The van der Waals surface area contributed by atoms with Crippen molar-refractivity contribution in [2.24, 2.45) is 0 Å². The predicted molar refractivity (Wildman–Crippen MR) is 98.6 cm³/mol. The zero-order valence-corrected chi connectivity index (χ0v) is 14.5. The average Bonchev–Trinajstić information content (AvgIpc) is 2.67. The summed E-state index contributed by atoms with van der Waals surface area (Å²) in [6.45, 7) is 3.47. The molecule has 0 saturated heterocycles. The fourth-order valence-corrected chi connectivity index (χ4v) is 3.26. The highest BCUT2D eigenvalue weighted by Gasteiger charge is 2.18. The molecule has 1 aliphatic rings. The summed E-state index contributed by atoms with van der Waals surface area (Å²) in [6.07, 6.45) is 3.23. The van der Waals surface area contributed by atoms with Crippen LogP contribution in [0.1, 0.15) is 23.7 Å². The normalized spacial score (nSPS) is 13.5. The molecule has 0 spiro atoms. The van der Waals surface area contributed by atoms with Gasteiger partial charge in [0, 0.05) is 36.6 Å². The number of hydrogen-bond acceptors (Lipinski definition) is 4. The largest absolute Gasteiger partial charge is 0.352 e. The number of aryl methyl sites for hydroxylation is 1. The van der Waals surface area contributed by atoms with E-state index in [2.05, 4.69) is 19.9 Å². The molecule has 26 heavy (non-hydrogen) atoms. The average molecular weight is 350 g/mol. The first-order valence-corrected chi connectivity index (χ1v) is 8.71. The Morgan fingerprint density at radius 1 is 1.19 bits per heavy atom. The van der Waals surface area contributed by atoms with Crippen LogP contribution in [0.25, 0.3) is 11.4 Å². The molecular weight excluding hydrogens is 331 g/mol. The number of anilines is 1. The number of pyridine rings is 1. The van der Waals surface area contributed by atoms with Gasteiger partial charge in [0.1, 0.15) is 17.5 Å². The van der Waals surface area contributed by atoms with Crippen molar-refractivity contribution in [2.75, 3.05) is 11.4 Å². The van der Waals surface area contributed by atoms with E-state index in [1.807, 2.05) is 25.1 Å². The predicted octanol–water partition coefficient (Wildman–Crippen LogP) is 3.10. The van der Waals surface area contributed by atoms with Crippen LogP contribution in [0.2, 0.25) is 0 Å². The van der Waals surface area contributed by atoms with Crippen LogP contribution in [0, 0.1) is 5.82 Å². The van der Waals surface area contributed by atoms with Crippen LogP contribution in [-0.4, -0.2) is 21.5 Å². The number of halogens is 1. The van der Waals surface area contributed by atoms with Crippen LogP contribution in [0.15, 0.2) is 47.4 Å². The third-order valence-corrected chi connectivity index (χ3v) is 4.68. The van der Waals surface area contributed by atoms with Crippen molar-refractivity contribution >= 4 is 5.82 Å². The van der Waals surface area contributed by atoms with Gasteiger partial charge in [-0.2, -0.15) is 0 Å². The number of aromatic nitrogens is 3. The van der Waals surface area contributed by atoms with Crippen LogP contribution in [-0.2, 0) is 19.4 Å². The molecule has 0 saturated carbocycles. The zero-order chi connectivity index (χ0) is 18.1. The van der Waals surface area contributed by atoms with Gasteiger partial charge in [-0.25, -0.2) is 14.4 Å². The fourth-order valence-electron chi connectivity index (χ4n) is 3.26. The second-order valence-corrected chi connectivity index (χ2v) is 6.43. The highest BCUT2D eigenvalue weighted by atomic mass is 19.1. The molecule has 0 radical (unpaired) electrons. The van der Waals surface area contributed by atoms with E-state index < -0.39 is 0 Å². The number of aromatic amines is 1. The van der Waals surface area contributed by atoms with E-state index in [1.165, 1.54) is 12.1 Å². The van der Waals surface area contributed by atoms with Crippen LogP contribution in [0.4, 0.5) is 10.2 Å². The van der Waals surface area contributed by atoms with E-state index >= 15 is 0 Å². The standard InChI is InChI=1S/C20H19FN4O/c1-2-17-10-19(26)24-20(23-17)14-4-6-18(22-11-14)25-8-7-13-9-16(21)5-3-15(13)12-25/h3-6,9-11H,2,7-8,12H2,1H3,(H,23,24,26). The van der Waals surface area contributed by atoms with Gasteiger partial charge in [0.2, 0.25) is 0 Å². The molecule has 0 amide bonds. The molecule has 3 heterocycles. The summed E-state index contributed by atoms with van der Waals surface area (Å²) in [4.78, 5) is 25.7. The summed E-state index contributed by atoms with van der Waals surface area (Å²) in [5.41, 5.74) is 3.57. The molecule has 0 bridgehead atoms. The number of nitrogens with zero attached hydrogens (tertiary/aromatic N) is 3. The molecule has 0 fully saturated rings. The van der Waals surface area contributed by atoms with Gasteiger partial charge in [-0.05, 0) is 48.2 Å². The van der Waals surface area contributed by atoms with E-state index in [1.54, 1.807) is 12.3 Å². The van der Waals surface area contributed by atoms with Gasteiger partial charge in [0.05, 0.1) is 0 Å². The Labute approximate surface area is 150 Å². The van der Waals surface area contributed by atoms with Crippen molar-refractivity contribution in [3.63, 3.8) is 0 Å². The molecule has 2 aromatic heterocycles. The lowest BCUT2D eigenvalue weighted by atomic mass is 9.99. The molecule has 3 aromatic rings. The first-order chi connectivity index (χ1) is 12.6. The Bertz CT molecular complexity index is 997. The first-order valence-electron chi connectivity index (χ1n) is 8.71. The zero-order valence-electron chi connectivity index (χ0n) is 14.5. The lowest BCUT2D eigenvalue weighted by molar-refractivity contribution is 0.618. The van der Waals surface area contributed by atoms with Gasteiger partial charge in [-0.1, -0.05) is 13.0 Å². The lowest BCUT2D eigenvalue weighted by Gasteiger charge is -2.29. The van der Waals surface area contributed by atoms with Crippen molar-refractivity contribution in [2.45, 2.75) is 26.3 Å². The van der Waals surface area contributed by atoms with E-state index in [0.29, 0.717) is 18.8 Å². The maximum atomic E-state index is 13.3. The minimum atomic E-state index is -0.185. The highest BCUT2D eigenvalue weighted by molar-refractivity contribution is 5.57. The number of hydrogen-bond donors (Lipinski definition) is 1. The SMILES string of the molecule is CCc1cc(=O)[nH]c(-c2ccc(N3CCc4cc(F)ccc4C3)nc2)n1. The number of nitrogens with one attached hydrogen (secondary N) is 1. The highest BCUT2D eigenvalue weighted by Crippen LogP contribution is 2.25. The Balaban J connectivity index is 1.58. The minimum absolute atomic E-state index is 0.157. The van der Waals surface area contributed by atoms with Crippen LogP contribution >= 0.6 is 0 Å². The van der Waals surface area contributed by atoms with E-state index in [9.17, 15) is 9.18 Å². The summed E-state index contributed by atoms with van der Waals surface area (Å²) < 4.78 is 13.3. The second kappa shape index (κ2) is 6.71. The first kappa shape index (κ1) is 16.4. The molecule has 6 heteroatoms.